The number of rotatable bonds is 24. The summed E-state index contributed by atoms with van der Waals surface area (Å²) < 4.78 is 31.6. The van der Waals surface area contributed by atoms with Gasteiger partial charge in [0, 0.05) is 19.4 Å². The minimum atomic E-state index is -4.33. The molecule has 0 heterocycles. The van der Waals surface area contributed by atoms with Crippen LogP contribution in [0.5, 0.6) is 0 Å². The topological polar surface area (TPSA) is 134 Å². The van der Waals surface area contributed by atoms with Crippen molar-refractivity contribution >= 4 is 19.8 Å². The van der Waals surface area contributed by atoms with Crippen LogP contribution in [0.2, 0.25) is 0 Å². The van der Waals surface area contributed by atoms with Crippen molar-refractivity contribution in [1.82, 2.24) is 0 Å². The van der Waals surface area contributed by atoms with Gasteiger partial charge in [0.15, 0.2) is 6.10 Å². The monoisotopic (exact) mass is 533 g/mol. The van der Waals surface area contributed by atoms with Crippen LogP contribution in [0, 0.1) is 0 Å². The van der Waals surface area contributed by atoms with E-state index in [1.54, 1.807) is 6.92 Å². The smallest absolute Gasteiger partial charge is 0.462 e. The predicted molar refractivity (Wildman–Crippen MR) is 141 cm³/mol. The molecule has 36 heavy (non-hydrogen) atoms. The summed E-state index contributed by atoms with van der Waals surface area (Å²) in [6, 6.07) is 0. The molecule has 2 atom stereocenters. The third kappa shape index (κ3) is 22.9. The highest BCUT2D eigenvalue weighted by Crippen LogP contribution is 2.43. The van der Waals surface area contributed by atoms with Crippen molar-refractivity contribution in [2.24, 2.45) is 5.73 Å². The van der Waals surface area contributed by atoms with E-state index in [9.17, 15) is 19.0 Å². The Morgan fingerprint density at radius 1 is 0.861 bits per heavy atom. The van der Waals surface area contributed by atoms with Gasteiger partial charge in [-0.25, -0.2) is 4.57 Å². The van der Waals surface area contributed by atoms with Crippen molar-refractivity contribution in [1.29, 1.82) is 0 Å². The Labute approximate surface area is 217 Å². The third-order valence-electron chi connectivity index (χ3n) is 5.14. The fraction of sp³-hybridized carbons (Fsp3) is 0.769. The number of ether oxygens (including phenoxy) is 2. The van der Waals surface area contributed by atoms with Crippen LogP contribution in [-0.4, -0.2) is 49.3 Å². The molecule has 0 spiro atoms. The highest BCUT2D eigenvalue weighted by molar-refractivity contribution is 7.47. The molecule has 0 bridgehead atoms. The first-order valence-electron chi connectivity index (χ1n) is 13.3. The minimum Gasteiger partial charge on any atom is -0.462 e. The summed E-state index contributed by atoms with van der Waals surface area (Å²) in [5.74, 6) is -0.950. The zero-order chi connectivity index (χ0) is 26.9. The quantitative estimate of drug-likeness (QED) is 0.0687. The van der Waals surface area contributed by atoms with Crippen LogP contribution < -0.4 is 5.73 Å². The highest BCUT2D eigenvalue weighted by atomic mass is 31.2. The Balaban J connectivity index is 4.06. The van der Waals surface area contributed by atoms with Gasteiger partial charge in [-0.15, -0.1) is 0 Å². The molecular formula is C26H48NO8P. The van der Waals surface area contributed by atoms with Crippen molar-refractivity contribution < 1.29 is 37.6 Å². The molecule has 0 rings (SSSR count). The van der Waals surface area contributed by atoms with Crippen molar-refractivity contribution in [2.75, 3.05) is 26.4 Å². The molecule has 0 saturated heterocycles. The molecule has 0 saturated carbocycles. The van der Waals surface area contributed by atoms with E-state index in [4.69, 9.17) is 19.7 Å². The van der Waals surface area contributed by atoms with Crippen molar-refractivity contribution in [3.05, 3.63) is 24.3 Å². The highest BCUT2D eigenvalue weighted by Gasteiger charge is 2.25. The number of allylic oxidation sites excluding steroid dienone is 4. The van der Waals surface area contributed by atoms with Crippen molar-refractivity contribution in [3.8, 4) is 0 Å². The van der Waals surface area contributed by atoms with Gasteiger partial charge in [0.25, 0.3) is 0 Å². The zero-order valence-electron chi connectivity index (χ0n) is 22.2. The average molecular weight is 534 g/mol. The number of unbranched alkanes of at least 4 members (excludes halogenated alkanes) is 8. The Morgan fingerprint density at radius 2 is 1.50 bits per heavy atom. The molecule has 10 heteroatoms. The van der Waals surface area contributed by atoms with Crippen molar-refractivity contribution in [2.45, 2.75) is 103 Å². The number of carbonyl (C=O) groups is 2. The van der Waals surface area contributed by atoms with Gasteiger partial charge >= 0.3 is 19.8 Å². The molecule has 0 aliphatic heterocycles. The fourth-order valence-corrected chi connectivity index (χ4v) is 3.88. The summed E-state index contributed by atoms with van der Waals surface area (Å²) in [4.78, 5) is 33.2. The van der Waals surface area contributed by atoms with Gasteiger partial charge in [-0.2, -0.15) is 0 Å². The van der Waals surface area contributed by atoms with Gasteiger partial charge in [0.05, 0.1) is 13.2 Å². The maximum atomic E-state index is 12.2. The van der Waals surface area contributed by atoms with E-state index in [1.165, 1.54) is 25.7 Å². The van der Waals surface area contributed by atoms with Gasteiger partial charge in [-0.1, -0.05) is 70.3 Å². The molecule has 2 unspecified atom stereocenters. The average Bonchev–Trinajstić information content (AvgIpc) is 2.86. The first kappa shape index (κ1) is 34.5. The zero-order valence-corrected chi connectivity index (χ0v) is 23.1. The normalized spacial score (nSPS) is 14.2. The molecule has 0 fully saturated rings. The number of phosphoric ester groups is 1. The number of carbonyl (C=O) groups excluding carboxylic acids is 2. The van der Waals surface area contributed by atoms with E-state index < -0.39 is 32.5 Å². The summed E-state index contributed by atoms with van der Waals surface area (Å²) >= 11 is 0. The molecule has 9 nitrogen and oxygen atoms in total. The van der Waals surface area contributed by atoms with Gasteiger partial charge in [0.1, 0.15) is 6.61 Å². The number of phosphoric acid groups is 1. The Morgan fingerprint density at radius 3 is 2.14 bits per heavy atom. The second-order valence-corrected chi connectivity index (χ2v) is 9.97. The Hall–Kier alpha value is -1.51. The van der Waals surface area contributed by atoms with Gasteiger partial charge < -0.3 is 20.1 Å². The van der Waals surface area contributed by atoms with Crippen LogP contribution in [0.4, 0.5) is 0 Å². The van der Waals surface area contributed by atoms with E-state index in [-0.39, 0.29) is 32.6 Å². The van der Waals surface area contributed by atoms with E-state index in [0.29, 0.717) is 6.42 Å². The lowest BCUT2D eigenvalue weighted by Crippen LogP contribution is -2.29. The largest absolute Gasteiger partial charge is 0.472 e. The lowest BCUT2D eigenvalue weighted by Gasteiger charge is -2.19. The summed E-state index contributed by atoms with van der Waals surface area (Å²) in [6.45, 7) is 3.03. The summed E-state index contributed by atoms with van der Waals surface area (Å²) in [5.41, 5.74) is 5.24. The molecule has 0 aliphatic rings. The molecule has 210 valence electrons. The number of nitrogens with two attached hydrogens (primary N) is 1. The minimum absolute atomic E-state index is 0.0496. The molecule has 0 aromatic heterocycles. The van der Waals surface area contributed by atoms with Crippen LogP contribution in [0.1, 0.15) is 97.3 Å². The first-order chi connectivity index (χ1) is 17.3. The molecule has 0 aliphatic carbocycles. The third-order valence-corrected chi connectivity index (χ3v) is 6.13. The van der Waals surface area contributed by atoms with Crippen molar-refractivity contribution in [3.63, 3.8) is 0 Å². The van der Waals surface area contributed by atoms with Crippen LogP contribution >= 0.6 is 7.82 Å². The molecule has 3 N–H and O–H groups in total. The Bertz CT molecular complexity index is 668. The number of esters is 2. The Kier molecular flexibility index (Phi) is 22.9. The van der Waals surface area contributed by atoms with E-state index >= 15 is 0 Å². The fourth-order valence-electron chi connectivity index (χ4n) is 3.11. The van der Waals surface area contributed by atoms with E-state index in [1.807, 2.05) is 0 Å². The van der Waals surface area contributed by atoms with Crippen LogP contribution in [0.25, 0.3) is 0 Å². The van der Waals surface area contributed by atoms with Crippen LogP contribution in [0.15, 0.2) is 24.3 Å². The first-order valence-corrected chi connectivity index (χ1v) is 14.8. The SMILES string of the molecule is CCCCC/C=C\C/C=C\CCCCCCCC(=O)OC(COC(=O)CC)COP(=O)(O)OCCN. The summed E-state index contributed by atoms with van der Waals surface area (Å²) in [5, 5.41) is 0. The second kappa shape index (κ2) is 23.9. The van der Waals surface area contributed by atoms with E-state index in [0.717, 1.165) is 38.5 Å². The lowest BCUT2D eigenvalue weighted by molar-refractivity contribution is -0.161. The van der Waals surface area contributed by atoms with Gasteiger partial charge in [0.2, 0.25) is 0 Å². The maximum absolute atomic E-state index is 12.2. The summed E-state index contributed by atoms with van der Waals surface area (Å²) in [7, 11) is -4.33. The van der Waals surface area contributed by atoms with E-state index in [2.05, 4.69) is 35.8 Å². The predicted octanol–water partition coefficient (Wildman–Crippen LogP) is 5.76. The maximum Gasteiger partial charge on any atom is 0.472 e. The number of hydrogen-bond donors (Lipinski definition) is 2. The van der Waals surface area contributed by atoms with Gasteiger partial charge in [-0.3, -0.25) is 18.6 Å². The summed E-state index contributed by atoms with van der Waals surface area (Å²) in [6.07, 6.45) is 20.2. The standard InChI is InChI=1S/C26H48NO8P/c1-3-5-6-7-8-9-10-11-12-13-14-15-16-17-18-19-26(29)35-24(22-32-25(28)4-2)23-34-36(30,31)33-21-20-27/h8-9,11-12,24H,3-7,10,13-23,27H2,1-2H3,(H,30,31)/b9-8-,12-11-. The second-order valence-electron chi connectivity index (χ2n) is 8.52. The molecule has 0 radical (unpaired) electrons. The van der Waals surface area contributed by atoms with Crippen LogP contribution in [0.3, 0.4) is 0 Å². The molecule has 0 aromatic rings. The number of hydrogen-bond acceptors (Lipinski definition) is 8. The van der Waals surface area contributed by atoms with Crippen LogP contribution in [-0.2, 0) is 32.7 Å². The van der Waals surface area contributed by atoms with Gasteiger partial charge in [-0.05, 0) is 38.5 Å². The molecule has 0 amide bonds. The lowest BCUT2D eigenvalue weighted by atomic mass is 10.1. The molecule has 0 aromatic carbocycles. The molecular weight excluding hydrogens is 485 g/mol.